The predicted molar refractivity (Wildman–Crippen MR) is 88.9 cm³/mol. The van der Waals surface area contributed by atoms with Gasteiger partial charge in [0.15, 0.2) is 5.84 Å². The molecule has 0 radical (unpaired) electrons. The molecule has 0 spiro atoms. The van der Waals surface area contributed by atoms with E-state index in [1.165, 1.54) is 5.56 Å². The van der Waals surface area contributed by atoms with E-state index in [9.17, 15) is 4.79 Å². The number of nitrogens with zero attached hydrogens (tertiary/aromatic N) is 2. The molecule has 1 heterocycles. The van der Waals surface area contributed by atoms with Gasteiger partial charge in [-0.3, -0.25) is 0 Å². The Balaban J connectivity index is 2.19. The van der Waals surface area contributed by atoms with Crippen LogP contribution in [0.1, 0.15) is 43.0 Å². The minimum absolute atomic E-state index is 0.110. The van der Waals surface area contributed by atoms with Crippen LogP contribution in [0.2, 0.25) is 0 Å². The summed E-state index contributed by atoms with van der Waals surface area (Å²) in [5.41, 5.74) is 9.26. The van der Waals surface area contributed by atoms with E-state index in [1.54, 1.807) is 4.90 Å². The molecule has 1 aromatic carbocycles. The first-order chi connectivity index (χ1) is 10.7. The van der Waals surface area contributed by atoms with Gasteiger partial charge < -0.3 is 20.6 Å². The van der Waals surface area contributed by atoms with Crippen molar-refractivity contribution in [2.24, 2.45) is 10.9 Å². The molecular formula is C17H25N3O3. The first-order valence-electron chi connectivity index (χ1n) is 7.79. The van der Waals surface area contributed by atoms with Crippen LogP contribution in [0.5, 0.6) is 0 Å². The minimum Gasteiger partial charge on any atom is -0.444 e. The van der Waals surface area contributed by atoms with Crippen molar-refractivity contribution in [2.45, 2.75) is 46.1 Å². The average molecular weight is 319 g/mol. The van der Waals surface area contributed by atoms with Gasteiger partial charge in [0.25, 0.3) is 0 Å². The summed E-state index contributed by atoms with van der Waals surface area (Å²) in [7, 11) is 0. The van der Waals surface area contributed by atoms with E-state index in [0.717, 1.165) is 29.5 Å². The molecule has 0 atom stereocenters. The van der Waals surface area contributed by atoms with Gasteiger partial charge in [0, 0.05) is 18.7 Å². The Kier molecular flexibility index (Phi) is 4.82. The number of aryl methyl sites for hydroxylation is 1. The third-order valence-corrected chi connectivity index (χ3v) is 3.88. The summed E-state index contributed by atoms with van der Waals surface area (Å²) in [6.07, 6.45) is 1.21. The highest BCUT2D eigenvalue weighted by atomic mass is 16.6. The maximum Gasteiger partial charge on any atom is 0.410 e. The fourth-order valence-corrected chi connectivity index (χ4v) is 2.74. The van der Waals surface area contributed by atoms with Crippen LogP contribution in [-0.2, 0) is 17.6 Å². The number of carbonyl (C=O) groups excluding carboxylic acids is 1. The maximum atomic E-state index is 12.2. The van der Waals surface area contributed by atoms with Gasteiger partial charge in [-0.25, -0.2) is 4.79 Å². The molecule has 1 aromatic rings. The Morgan fingerprint density at radius 2 is 1.83 bits per heavy atom. The van der Waals surface area contributed by atoms with Crippen molar-refractivity contribution in [2.75, 3.05) is 13.1 Å². The molecule has 3 N–H and O–H groups in total. The lowest BCUT2D eigenvalue weighted by Crippen LogP contribution is -2.38. The third-order valence-electron chi connectivity index (χ3n) is 3.88. The van der Waals surface area contributed by atoms with Gasteiger partial charge in [0.05, 0.1) is 0 Å². The van der Waals surface area contributed by atoms with Gasteiger partial charge in [-0.1, -0.05) is 11.2 Å². The molecule has 0 aliphatic carbocycles. The summed E-state index contributed by atoms with van der Waals surface area (Å²) in [4.78, 5) is 14.0. The normalized spacial score (nSPS) is 15.8. The Hall–Kier alpha value is -2.24. The van der Waals surface area contributed by atoms with Gasteiger partial charge >= 0.3 is 6.09 Å². The number of benzene rings is 1. The number of oxime groups is 1. The van der Waals surface area contributed by atoms with Crippen LogP contribution in [0.15, 0.2) is 17.3 Å². The van der Waals surface area contributed by atoms with Crippen molar-refractivity contribution in [1.29, 1.82) is 0 Å². The van der Waals surface area contributed by atoms with Crippen molar-refractivity contribution >= 4 is 11.9 Å². The Morgan fingerprint density at radius 3 is 2.35 bits per heavy atom. The first-order valence-corrected chi connectivity index (χ1v) is 7.79. The van der Waals surface area contributed by atoms with E-state index in [1.807, 2.05) is 33.8 Å². The van der Waals surface area contributed by atoms with E-state index in [4.69, 9.17) is 15.7 Å². The smallest absolute Gasteiger partial charge is 0.410 e. The van der Waals surface area contributed by atoms with Crippen molar-refractivity contribution in [1.82, 2.24) is 4.90 Å². The molecule has 0 unspecified atom stereocenters. The molecule has 1 amide bonds. The molecule has 1 aliphatic rings. The highest BCUT2D eigenvalue weighted by Crippen LogP contribution is 2.22. The van der Waals surface area contributed by atoms with Crippen molar-refractivity contribution in [3.8, 4) is 0 Å². The predicted octanol–water partition coefficient (Wildman–Crippen LogP) is 2.43. The number of amidine groups is 1. The molecule has 0 bridgehead atoms. The molecule has 0 fully saturated rings. The highest BCUT2D eigenvalue weighted by molar-refractivity contribution is 5.98. The minimum atomic E-state index is -0.494. The van der Waals surface area contributed by atoms with Gasteiger partial charge in [-0.2, -0.15) is 0 Å². The first kappa shape index (κ1) is 17.1. The SMILES string of the molecule is Cc1cc2c(cc1C(N)=NO)CCN(C(=O)OC(C)(C)C)CC2. The molecule has 6 nitrogen and oxygen atoms in total. The quantitative estimate of drug-likeness (QED) is 0.360. The molecule has 126 valence electrons. The molecule has 1 aliphatic heterocycles. The van der Waals surface area contributed by atoms with Gasteiger partial charge in [-0.05, 0) is 63.3 Å². The summed E-state index contributed by atoms with van der Waals surface area (Å²) in [5, 5.41) is 12.0. The van der Waals surface area contributed by atoms with E-state index in [0.29, 0.717) is 13.1 Å². The lowest BCUT2D eigenvalue weighted by molar-refractivity contribution is 0.0258. The van der Waals surface area contributed by atoms with Gasteiger partial charge in [-0.15, -0.1) is 0 Å². The van der Waals surface area contributed by atoms with Crippen LogP contribution >= 0.6 is 0 Å². The zero-order chi connectivity index (χ0) is 17.2. The van der Waals surface area contributed by atoms with E-state index >= 15 is 0 Å². The van der Waals surface area contributed by atoms with Crippen LogP contribution in [0.4, 0.5) is 4.79 Å². The number of amides is 1. The molecule has 23 heavy (non-hydrogen) atoms. The van der Waals surface area contributed by atoms with E-state index in [2.05, 4.69) is 11.2 Å². The number of rotatable bonds is 1. The van der Waals surface area contributed by atoms with Crippen molar-refractivity contribution < 1.29 is 14.7 Å². The fourth-order valence-electron chi connectivity index (χ4n) is 2.74. The Morgan fingerprint density at radius 1 is 1.26 bits per heavy atom. The fraction of sp³-hybridized carbons (Fsp3) is 0.529. The van der Waals surface area contributed by atoms with E-state index in [-0.39, 0.29) is 11.9 Å². The monoisotopic (exact) mass is 319 g/mol. The molecule has 6 heteroatoms. The maximum absolute atomic E-state index is 12.2. The summed E-state index contributed by atoms with van der Waals surface area (Å²) in [6.45, 7) is 8.76. The zero-order valence-corrected chi connectivity index (χ0v) is 14.2. The highest BCUT2D eigenvalue weighted by Gasteiger charge is 2.24. The Bertz CT molecular complexity index is 633. The molecule has 0 saturated heterocycles. The van der Waals surface area contributed by atoms with Crippen molar-refractivity contribution in [3.63, 3.8) is 0 Å². The van der Waals surface area contributed by atoms with Crippen LogP contribution in [-0.4, -0.2) is 40.7 Å². The number of hydrogen-bond acceptors (Lipinski definition) is 4. The topological polar surface area (TPSA) is 88.2 Å². The van der Waals surface area contributed by atoms with Crippen LogP contribution in [0, 0.1) is 6.92 Å². The average Bonchev–Trinajstić information content (AvgIpc) is 2.66. The summed E-state index contributed by atoms with van der Waals surface area (Å²) in [5.74, 6) is 0.110. The summed E-state index contributed by atoms with van der Waals surface area (Å²) in [6, 6.07) is 4.01. The number of nitrogens with two attached hydrogens (primary N) is 1. The van der Waals surface area contributed by atoms with Crippen LogP contribution in [0.25, 0.3) is 0 Å². The summed E-state index contributed by atoms with van der Waals surface area (Å²) >= 11 is 0. The second kappa shape index (κ2) is 6.48. The number of carbonyl (C=O) groups is 1. The molecule has 0 saturated carbocycles. The lowest BCUT2D eigenvalue weighted by atomic mass is 9.96. The third kappa shape index (κ3) is 4.15. The van der Waals surface area contributed by atoms with Gasteiger partial charge in [0.1, 0.15) is 5.60 Å². The lowest BCUT2D eigenvalue weighted by Gasteiger charge is -2.26. The zero-order valence-electron chi connectivity index (χ0n) is 14.2. The number of hydrogen-bond donors (Lipinski definition) is 2. The molecule has 0 aromatic heterocycles. The largest absolute Gasteiger partial charge is 0.444 e. The summed E-state index contributed by atoms with van der Waals surface area (Å²) < 4.78 is 5.45. The molecular weight excluding hydrogens is 294 g/mol. The Labute approximate surface area is 136 Å². The number of ether oxygens (including phenoxy) is 1. The van der Waals surface area contributed by atoms with E-state index < -0.39 is 5.60 Å². The second-order valence-corrected chi connectivity index (χ2v) is 6.89. The number of fused-ring (bicyclic) bond motifs is 1. The molecule has 2 rings (SSSR count). The van der Waals surface area contributed by atoms with Crippen LogP contribution in [0.3, 0.4) is 0 Å². The standard InChI is InChI=1S/C17H25N3O3/c1-11-9-12-5-7-20(16(21)23-17(2,3)4)8-6-13(12)10-14(11)15(18)19-22/h9-10,22H,5-8H2,1-4H3,(H2,18,19). The second-order valence-electron chi connectivity index (χ2n) is 6.89. The van der Waals surface area contributed by atoms with Crippen molar-refractivity contribution in [3.05, 3.63) is 34.4 Å². The van der Waals surface area contributed by atoms with Crippen LogP contribution < -0.4 is 5.73 Å². The van der Waals surface area contributed by atoms with Gasteiger partial charge in [0.2, 0.25) is 0 Å².